The van der Waals surface area contributed by atoms with E-state index in [1.165, 1.54) is 12.4 Å². The van der Waals surface area contributed by atoms with Crippen molar-refractivity contribution in [1.82, 2.24) is 29.1 Å². The van der Waals surface area contributed by atoms with Crippen LogP contribution in [0.25, 0.3) is 66.6 Å². The molecule has 0 atom stereocenters. The summed E-state index contributed by atoms with van der Waals surface area (Å²) in [5.74, 6) is 4.46. The van der Waals surface area contributed by atoms with Crippen molar-refractivity contribution >= 4 is 43.6 Å². The minimum atomic E-state index is 0.228. The van der Waals surface area contributed by atoms with E-state index >= 15 is 0 Å². The Labute approximate surface area is 299 Å². The molecule has 8 heteroatoms. The summed E-state index contributed by atoms with van der Waals surface area (Å²) in [4.78, 5) is 18.2. The van der Waals surface area contributed by atoms with Crippen LogP contribution in [-0.2, 0) is 0 Å². The molecule has 0 bridgehead atoms. The summed E-state index contributed by atoms with van der Waals surface area (Å²) in [5, 5.41) is 4.45. The fourth-order valence-corrected chi connectivity index (χ4v) is 7.00. The van der Waals surface area contributed by atoms with Crippen LogP contribution in [0.1, 0.15) is 1.37 Å². The number of para-hydroxylation sites is 2. The molecule has 0 fully saturated rings. The average Bonchev–Trinajstić information content (AvgIpc) is 3.71. The number of rotatable bonds is 7. The highest BCUT2D eigenvalue weighted by molar-refractivity contribution is 6.10. The summed E-state index contributed by atoms with van der Waals surface area (Å²) in [7, 11) is 0. The lowest BCUT2D eigenvalue weighted by Crippen LogP contribution is -1.97. The molecule has 52 heavy (non-hydrogen) atoms. The maximum Gasteiger partial charge on any atom is 0.159 e. The zero-order valence-corrected chi connectivity index (χ0v) is 27.6. The Morgan fingerprint density at radius 3 is 1.38 bits per heavy atom. The van der Waals surface area contributed by atoms with E-state index in [1.807, 2.05) is 103 Å². The Bertz CT molecular complexity index is 2780. The van der Waals surface area contributed by atoms with E-state index in [2.05, 4.69) is 65.5 Å². The first kappa shape index (κ1) is 28.5. The van der Waals surface area contributed by atoms with Gasteiger partial charge in [0.15, 0.2) is 5.82 Å². The van der Waals surface area contributed by atoms with Gasteiger partial charge in [0.2, 0.25) is 0 Å². The molecule has 10 aromatic rings. The molecule has 8 nitrogen and oxygen atoms in total. The van der Waals surface area contributed by atoms with Gasteiger partial charge in [0.05, 0.1) is 23.4 Å². The van der Waals surface area contributed by atoms with Gasteiger partial charge in [-0.25, -0.2) is 19.9 Å². The third-order valence-electron chi connectivity index (χ3n) is 9.18. The Morgan fingerprint density at radius 2 is 0.885 bits per heavy atom. The van der Waals surface area contributed by atoms with Gasteiger partial charge in [-0.05, 0) is 78.8 Å². The monoisotopic (exact) mass is 673 g/mol. The second kappa shape index (κ2) is 12.2. The van der Waals surface area contributed by atoms with Crippen LogP contribution in [0.5, 0.6) is 23.0 Å². The van der Waals surface area contributed by atoms with Crippen LogP contribution in [0.2, 0.25) is 0 Å². The number of fused-ring (bicyclic) bond motifs is 6. The largest absolute Gasteiger partial charge is 0.457 e. The van der Waals surface area contributed by atoms with Crippen LogP contribution in [0, 0.1) is 0 Å². The van der Waals surface area contributed by atoms with Crippen LogP contribution in [0.4, 0.5) is 0 Å². The molecule has 0 amide bonds. The molecule has 0 aliphatic carbocycles. The number of benzene rings is 5. The molecule has 5 aromatic heterocycles. The normalized spacial score (nSPS) is 11.7. The summed E-state index contributed by atoms with van der Waals surface area (Å²) in [6.45, 7) is 0. The predicted molar refractivity (Wildman–Crippen MR) is 205 cm³/mol. The van der Waals surface area contributed by atoms with Crippen molar-refractivity contribution in [3.63, 3.8) is 0 Å². The molecule has 0 spiro atoms. The van der Waals surface area contributed by atoms with Crippen molar-refractivity contribution in [2.45, 2.75) is 0 Å². The van der Waals surface area contributed by atoms with Gasteiger partial charge in [-0.1, -0.05) is 48.5 Å². The van der Waals surface area contributed by atoms with E-state index in [4.69, 9.17) is 10.8 Å². The van der Waals surface area contributed by atoms with Crippen molar-refractivity contribution in [3.8, 4) is 46.0 Å². The second-order valence-electron chi connectivity index (χ2n) is 12.3. The van der Waals surface area contributed by atoms with Gasteiger partial charge in [-0.3, -0.25) is 9.13 Å². The lowest BCUT2D eigenvalue weighted by Gasteiger charge is -2.13. The fraction of sp³-hybridized carbons (Fsp3) is 0. The quantitative estimate of drug-likeness (QED) is 0.168. The predicted octanol–water partition coefficient (Wildman–Crippen LogP) is 10.7. The van der Waals surface area contributed by atoms with Gasteiger partial charge >= 0.3 is 0 Å². The van der Waals surface area contributed by atoms with Crippen LogP contribution in [0.3, 0.4) is 0 Å². The Kier molecular flexibility index (Phi) is 6.70. The number of nitrogens with zero attached hydrogens (tertiary/aromatic N) is 6. The maximum atomic E-state index is 7.92. The molecule has 0 unspecified atom stereocenters. The molecule has 0 saturated carbocycles. The van der Waals surface area contributed by atoms with Gasteiger partial charge in [0.1, 0.15) is 34.6 Å². The molecule has 0 saturated heterocycles. The van der Waals surface area contributed by atoms with Crippen molar-refractivity contribution < 1.29 is 10.8 Å². The number of pyridine rings is 2. The van der Waals surface area contributed by atoms with Crippen molar-refractivity contribution in [3.05, 3.63) is 170 Å². The molecule has 0 aliphatic heterocycles. The highest BCUT2D eigenvalue weighted by atomic mass is 16.5. The zero-order chi connectivity index (χ0) is 35.3. The number of hydrogen-bond acceptors (Lipinski definition) is 6. The molecule has 0 aliphatic rings. The van der Waals surface area contributed by atoms with Crippen LogP contribution < -0.4 is 9.47 Å². The Hall–Kier alpha value is -7.32. The molecular formula is C44H28N6O2. The molecule has 0 radical (unpaired) electrons. The van der Waals surface area contributed by atoms with Crippen molar-refractivity contribution in [1.29, 1.82) is 0 Å². The first-order valence-corrected chi connectivity index (χ1v) is 16.9. The first-order chi connectivity index (χ1) is 26.2. The fourth-order valence-electron chi connectivity index (χ4n) is 7.00. The minimum absolute atomic E-state index is 0.228. The van der Waals surface area contributed by atoms with E-state index in [0.717, 1.165) is 55.2 Å². The van der Waals surface area contributed by atoms with Crippen LogP contribution in [0.15, 0.2) is 170 Å². The van der Waals surface area contributed by atoms with Gasteiger partial charge < -0.3 is 9.47 Å². The Morgan fingerprint density at radius 1 is 0.404 bits per heavy atom. The van der Waals surface area contributed by atoms with Gasteiger partial charge in [-0.15, -0.1) is 0 Å². The second-order valence-corrected chi connectivity index (χ2v) is 12.3. The molecule has 5 aromatic carbocycles. The molecular weight excluding hydrogens is 645 g/mol. The lowest BCUT2D eigenvalue weighted by molar-refractivity contribution is 0.461. The van der Waals surface area contributed by atoms with Gasteiger partial charge in [-0.2, -0.15) is 0 Å². The number of aromatic nitrogens is 6. The van der Waals surface area contributed by atoms with E-state index in [0.29, 0.717) is 34.4 Å². The van der Waals surface area contributed by atoms with Crippen molar-refractivity contribution in [2.24, 2.45) is 0 Å². The van der Waals surface area contributed by atoms with E-state index < -0.39 is 0 Å². The molecule has 0 N–H and O–H groups in total. The molecule has 246 valence electrons. The zero-order valence-electron chi connectivity index (χ0n) is 28.6. The number of ether oxygens (including phenoxy) is 2. The lowest BCUT2D eigenvalue weighted by atomic mass is 10.1. The summed E-state index contributed by atoms with van der Waals surface area (Å²) in [5.41, 5.74) is 4.75. The standard InChI is InChI=1S/C44H28N6O2/c1-3-12-38-34(10-1)36-18-16-30(27-40(36)49(38)42-14-5-7-20-45-42)51-32-24-29(44-47-22-9-23-48-44)25-33(26-32)52-31-17-19-37-35-11-2-4-13-39(35)50(41(37)28-31)43-15-6-8-21-46-43/h1-28H/i9D. The third-order valence-corrected chi connectivity index (χ3v) is 9.18. The van der Waals surface area contributed by atoms with Crippen LogP contribution in [-0.4, -0.2) is 29.1 Å². The smallest absolute Gasteiger partial charge is 0.159 e. The SMILES string of the molecule is [2H]c1cnc(-c2cc(Oc3ccc4c5ccccc5n(-c5ccccn5)c4c3)cc(Oc3ccc4c5ccccc5n(-c5ccccn5)c4c3)c2)nc1. The summed E-state index contributed by atoms with van der Waals surface area (Å²) in [6, 6.07) is 46.5. The topological polar surface area (TPSA) is 79.9 Å². The molecule has 10 rings (SSSR count). The maximum absolute atomic E-state index is 7.92. The summed E-state index contributed by atoms with van der Waals surface area (Å²) >= 11 is 0. The van der Waals surface area contributed by atoms with Gasteiger partial charge in [0.25, 0.3) is 0 Å². The van der Waals surface area contributed by atoms with Gasteiger partial charge in [0, 0.05) is 70.1 Å². The molecule has 5 heterocycles. The minimum Gasteiger partial charge on any atom is -0.457 e. The summed E-state index contributed by atoms with van der Waals surface area (Å²) in [6.07, 6.45) is 6.55. The van der Waals surface area contributed by atoms with E-state index in [1.54, 1.807) is 12.4 Å². The van der Waals surface area contributed by atoms with E-state index in [-0.39, 0.29) is 6.04 Å². The third kappa shape index (κ3) is 5.09. The van der Waals surface area contributed by atoms with Crippen molar-refractivity contribution in [2.75, 3.05) is 0 Å². The first-order valence-electron chi connectivity index (χ1n) is 17.4. The average molecular weight is 674 g/mol. The number of hydrogen-bond donors (Lipinski definition) is 0. The highest BCUT2D eigenvalue weighted by Crippen LogP contribution is 2.39. The summed E-state index contributed by atoms with van der Waals surface area (Å²) < 4.78 is 25.4. The van der Waals surface area contributed by atoms with E-state index in [9.17, 15) is 0 Å². The Balaban J connectivity index is 1.08. The van der Waals surface area contributed by atoms with Crippen LogP contribution >= 0.6 is 0 Å². The highest BCUT2D eigenvalue weighted by Gasteiger charge is 2.17.